The third kappa shape index (κ3) is 4.13. The van der Waals surface area contributed by atoms with Crippen molar-refractivity contribution < 1.29 is 28.9 Å². The molecule has 0 unspecified atom stereocenters. The van der Waals surface area contributed by atoms with Crippen LogP contribution in [0.4, 0.5) is 11.5 Å². The van der Waals surface area contributed by atoms with Gasteiger partial charge in [0.2, 0.25) is 0 Å². The van der Waals surface area contributed by atoms with Crippen molar-refractivity contribution >= 4 is 29.0 Å². The first-order valence-electron chi connectivity index (χ1n) is 10.5. The van der Waals surface area contributed by atoms with Crippen molar-refractivity contribution in [3.05, 3.63) is 87.2 Å². The second-order valence-corrected chi connectivity index (χ2v) is 7.69. The van der Waals surface area contributed by atoms with E-state index in [1.54, 1.807) is 31.2 Å². The number of amides is 1. The minimum absolute atomic E-state index is 0.0883. The van der Waals surface area contributed by atoms with Gasteiger partial charge in [-0.1, -0.05) is 12.1 Å². The van der Waals surface area contributed by atoms with E-state index in [1.165, 1.54) is 30.3 Å². The minimum atomic E-state index is -1.07. The second-order valence-electron chi connectivity index (χ2n) is 7.69. The van der Waals surface area contributed by atoms with Gasteiger partial charge in [0.15, 0.2) is 5.82 Å². The maximum Gasteiger partial charge on any atom is 0.301 e. The van der Waals surface area contributed by atoms with Crippen molar-refractivity contribution in [2.75, 3.05) is 11.5 Å². The number of aliphatic hydroxyl groups is 1. The summed E-state index contributed by atoms with van der Waals surface area (Å²) in [5, 5.41) is 26.0. The predicted molar refractivity (Wildman–Crippen MR) is 121 cm³/mol. The smallest absolute Gasteiger partial charge is 0.301 e. The van der Waals surface area contributed by atoms with Gasteiger partial charge in [-0.25, -0.2) is 0 Å². The summed E-state index contributed by atoms with van der Waals surface area (Å²) in [4.78, 5) is 37.7. The van der Waals surface area contributed by atoms with Crippen molar-refractivity contribution in [2.45, 2.75) is 26.3 Å². The van der Waals surface area contributed by atoms with Gasteiger partial charge in [0, 0.05) is 23.8 Å². The molecule has 0 spiro atoms. The molecule has 1 aromatic heterocycles. The van der Waals surface area contributed by atoms with Gasteiger partial charge < -0.3 is 14.4 Å². The second kappa shape index (κ2) is 9.18. The van der Waals surface area contributed by atoms with Crippen LogP contribution in [0.2, 0.25) is 0 Å². The van der Waals surface area contributed by atoms with E-state index in [-0.39, 0.29) is 22.8 Å². The van der Waals surface area contributed by atoms with Gasteiger partial charge in [0.05, 0.1) is 23.1 Å². The number of aromatic nitrogens is 1. The molecule has 1 amide bonds. The molecule has 174 valence electrons. The summed E-state index contributed by atoms with van der Waals surface area (Å²) in [6.45, 7) is 4.15. The first kappa shape index (κ1) is 22.7. The molecular formula is C24H21N3O7. The van der Waals surface area contributed by atoms with Gasteiger partial charge in [-0.15, -0.1) is 0 Å². The number of nitrogens with zero attached hydrogens (tertiary/aromatic N) is 3. The van der Waals surface area contributed by atoms with Crippen LogP contribution in [0, 0.1) is 17.0 Å². The molecule has 3 aromatic rings. The fourth-order valence-electron chi connectivity index (χ4n) is 3.71. The van der Waals surface area contributed by atoms with Crippen LogP contribution < -0.4 is 9.64 Å². The highest BCUT2D eigenvalue weighted by Crippen LogP contribution is 2.42. The number of anilines is 1. The Labute approximate surface area is 194 Å². The van der Waals surface area contributed by atoms with Gasteiger partial charge in [-0.3, -0.25) is 24.6 Å². The molecule has 34 heavy (non-hydrogen) atoms. The Kier molecular flexibility index (Phi) is 6.13. The van der Waals surface area contributed by atoms with Crippen LogP contribution in [0.25, 0.3) is 5.76 Å². The van der Waals surface area contributed by atoms with E-state index in [2.05, 4.69) is 5.16 Å². The minimum Gasteiger partial charge on any atom is -0.507 e. The molecule has 1 saturated heterocycles. The number of Topliss-reactive ketones (excluding diaryl/α,β-unsaturated/α-hetero) is 1. The lowest BCUT2D eigenvalue weighted by atomic mass is 9.95. The van der Waals surface area contributed by atoms with Crippen LogP contribution >= 0.6 is 0 Å². The first-order valence-corrected chi connectivity index (χ1v) is 10.5. The third-order valence-corrected chi connectivity index (χ3v) is 5.33. The Bertz CT molecular complexity index is 1280. The van der Waals surface area contributed by atoms with Gasteiger partial charge in [0.25, 0.3) is 11.5 Å². The summed E-state index contributed by atoms with van der Waals surface area (Å²) in [6, 6.07) is 12.3. The van der Waals surface area contributed by atoms with Crippen molar-refractivity contribution in [2.24, 2.45) is 0 Å². The van der Waals surface area contributed by atoms with Crippen molar-refractivity contribution in [1.29, 1.82) is 0 Å². The predicted octanol–water partition coefficient (Wildman–Crippen LogP) is 4.31. The summed E-state index contributed by atoms with van der Waals surface area (Å²) in [7, 11) is 0. The quantitative estimate of drug-likeness (QED) is 0.180. The number of hydrogen-bond acceptors (Lipinski definition) is 8. The molecule has 0 radical (unpaired) electrons. The van der Waals surface area contributed by atoms with Crippen LogP contribution in [-0.4, -0.2) is 33.5 Å². The van der Waals surface area contributed by atoms with E-state index in [4.69, 9.17) is 9.26 Å². The zero-order valence-electron chi connectivity index (χ0n) is 18.4. The summed E-state index contributed by atoms with van der Waals surface area (Å²) in [6.07, 6.45) is 0.835. The molecule has 0 aliphatic carbocycles. The highest BCUT2D eigenvalue weighted by Gasteiger charge is 2.48. The molecule has 1 fully saturated rings. The Morgan fingerprint density at radius 1 is 1.18 bits per heavy atom. The molecule has 10 heteroatoms. The zero-order chi connectivity index (χ0) is 24.4. The highest BCUT2D eigenvalue weighted by atomic mass is 16.6. The molecule has 2 heterocycles. The van der Waals surface area contributed by atoms with E-state index in [0.717, 1.165) is 11.3 Å². The average Bonchev–Trinajstić information content (AvgIpc) is 3.38. The number of aliphatic hydroxyl groups excluding tert-OH is 1. The van der Waals surface area contributed by atoms with Crippen molar-refractivity contribution in [3.63, 3.8) is 0 Å². The first-order chi connectivity index (χ1) is 16.3. The van der Waals surface area contributed by atoms with E-state index in [1.807, 2.05) is 6.92 Å². The van der Waals surface area contributed by atoms with Crippen LogP contribution in [0.1, 0.15) is 36.3 Å². The molecule has 2 aromatic carbocycles. The topological polar surface area (TPSA) is 136 Å². The number of ketones is 1. The lowest BCUT2D eigenvalue weighted by molar-refractivity contribution is -0.384. The summed E-state index contributed by atoms with van der Waals surface area (Å²) < 4.78 is 10.6. The maximum atomic E-state index is 13.1. The van der Waals surface area contributed by atoms with Gasteiger partial charge >= 0.3 is 5.91 Å². The molecule has 1 N–H and O–H groups in total. The van der Waals surface area contributed by atoms with Crippen molar-refractivity contribution in [1.82, 2.24) is 5.16 Å². The number of aryl methyl sites for hydroxylation is 1. The van der Waals surface area contributed by atoms with Crippen LogP contribution in [0.15, 0.2) is 64.7 Å². The Balaban J connectivity index is 1.84. The number of hydrogen-bond donors (Lipinski definition) is 1. The largest absolute Gasteiger partial charge is 0.507 e. The number of non-ortho nitro benzene ring substituents is 1. The molecule has 10 nitrogen and oxygen atoms in total. The zero-order valence-corrected chi connectivity index (χ0v) is 18.4. The van der Waals surface area contributed by atoms with E-state index in [9.17, 15) is 24.8 Å². The molecule has 4 rings (SSSR count). The standard InChI is InChI=1S/C24H21N3O7/c1-3-12-33-18-10-6-16(7-11-18)22(28)20-21(15-4-8-17(9-5-15)27(31)32)26(24(30)23(20)29)19-13-14(2)34-25-19/h4-11,13,21,28H,3,12H2,1-2H3/b22-20+/t21-/m1/s1. The van der Waals surface area contributed by atoms with Gasteiger partial charge in [-0.2, -0.15) is 0 Å². The third-order valence-electron chi connectivity index (χ3n) is 5.33. The summed E-state index contributed by atoms with van der Waals surface area (Å²) in [5.41, 5.74) is 0.377. The Hall–Kier alpha value is -4.47. The monoisotopic (exact) mass is 463 g/mol. The van der Waals surface area contributed by atoms with Crippen LogP contribution in [0.5, 0.6) is 5.75 Å². The fourth-order valence-corrected chi connectivity index (χ4v) is 3.71. The van der Waals surface area contributed by atoms with Gasteiger partial charge in [0.1, 0.15) is 17.3 Å². The molecule has 0 bridgehead atoms. The Morgan fingerprint density at radius 3 is 2.41 bits per heavy atom. The number of ether oxygens (including phenoxy) is 1. The maximum absolute atomic E-state index is 13.1. The van der Waals surface area contributed by atoms with E-state index in [0.29, 0.717) is 29.2 Å². The number of carbonyl (C=O) groups excluding carboxylic acids is 2. The van der Waals surface area contributed by atoms with Gasteiger partial charge in [-0.05, 0) is 55.3 Å². The van der Waals surface area contributed by atoms with Crippen LogP contribution in [-0.2, 0) is 9.59 Å². The highest BCUT2D eigenvalue weighted by molar-refractivity contribution is 6.51. The molecular weight excluding hydrogens is 442 g/mol. The Morgan fingerprint density at radius 2 is 1.85 bits per heavy atom. The number of benzene rings is 2. The normalized spacial score (nSPS) is 17.2. The fraction of sp³-hybridized carbons (Fsp3) is 0.208. The SMILES string of the molecule is CCCOc1ccc(/C(O)=C2\C(=O)C(=O)N(c3cc(C)on3)[C@@H]2c2ccc([N+](=O)[O-])cc2)cc1. The summed E-state index contributed by atoms with van der Waals surface area (Å²) >= 11 is 0. The molecule has 1 aliphatic heterocycles. The summed E-state index contributed by atoms with van der Waals surface area (Å²) in [5.74, 6) is -1.09. The molecule has 1 atom stereocenters. The van der Waals surface area contributed by atoms with E-state index < -0.39 is 22.7 Å². The number of nitro groups is 1. The van der Waals surface area contributed by atoms with E-state index >= 15 is 0 Å². The average molecular weight is 463 g/mol. The number of rotatable bonds is 7. The van der Waals surface area contributed by atoms with Crippen LogP contribution in [0.3, 0.4) is 0 Å². The number of carbonyl (C=O) groups is 2. The lowest BCUT2D eigenvalue weighted by Gasteiger charge is -2.22. The number of nitro benzene ring substituents is 1. The molecule has 0 saturated carbocycles. The van der Waals surface area contributed by atoms with Crippen molar-refractivity contribution in [3.8, 4) is 5.75 Å². The molecule has 1 aliphatic rings. The lowest BCUT2D eigenvalue weighted by Crippen LogP contribution is -2.29.